The molecule has 0 fully saturated rings. The van der Waals surface area contributed by atoms with Crippen LogP contribution in [0.1, 0.15) is 57.7 Å². The van der Waals surface area contributed by atoms with Gasteiger partial charge in [0.2, 0.25) is 0 Å². The van der Waals surface area contributed by atoms with E-state index in [-0.39, 0.29) is 17.4 Å². The second-order valence-electron chi connectivity index (χ2n) is 5.16. The molecular formula is C17H19NO4. The smallest absolute Gasteiger partial charge is 0.339 e. The first kappa shape index (κ1) is 15.8. The molecule has 1 amide bonds. The second kappa shape index (κ2) is 6.47. The molecule has 0 aliphatic heterocycles. The van der Waals surface area contributed by atoms with Gasteiger partial charge in [0.15, 0.2) is 5.76 Å². The predicted octanol–water partition coefficient (Wildman–Crippen LogP) is 3.34. The van der Waals surface area contributed by atoms with Crippen molar-refractivity contribution in [3.8, 4) is 0 Å². The number of carboxylic acid groups (broad SMARTS) is 1. The summed E-state index contributed by atoms with van der Waals surface area (Å²) in [4.78, 5) is 23.4. The summed E-state index contributed by atoms with van der Waals surface area (Å²) >= 11 is 0. The van der Waals surface area contributed by atoms with E-state index in [0.29, 0.717) is 12.2 Å². The zero-order valence-electron chi connectivity index (χ0n) is 12.8. The van der Waals surface area contributed by atoms with Crippen molar-refractivity contribution in [2.45, 2.75) is 33.2 Å². The zero-order chi connectivity index (χ0) is 16.3. The van der Waals surface area contributed by atoms with Crippen LogP contribution in [0.15, 0.2) is 34.7 Å². The van der Waals surface area contributed by atoms with E-state index >= 15 is 0 Å². The molecule has 2 rings (SSSR count). The van der Waals surface area contributed by atoms with Gasteiger partial charge in [0.05, 0.1) is 6.04 Å². The highest BCUT2D eigenvalue weighted by atomic mass is 16.4. The van der Waals surface area contributed by atoms with Gasteiger partial charge in [0.25, 0.3) is 5.91 Å². The molecule has 1 atom stereocenters. The first-order valence-electron chi connectivity index (χ1n) is 7.16. The monoisotopic (exact) mass is 301 g/mol. The summed E-state index contributed by atoms with van der Waals surface area (Å²) in [5, 5.41) is 11.9. The van der Waals surface area contributed by atoms with E-state index < -0.39 is 11.9 Å². The Hall–Kier alpha value is -2.56. The Labute approximate surface area is 129 Å². The Morgan fingerprint density at radius 3 is 2.55 bits per heavy atom. The summed E-state index contributed by atoms with van der Waals surface area (Å²) < 4.78 is 5.36. The van der Waals surface area contributed by atoms with Gasteiger partial charge in [0, 0.05) is 12.5 Å². The molecule has 1 aromatic carbocycles. The molecule has 22 heavy (non-hydrogen) atoms. The van der Waals surface area contributed by atoms with Gasteiger partial charge in [-0.1, -0.05) is 31.2 Å². The third kappa shape index (κ3) is 3.19. The molecule has 0 bridgehead atoms. The summed E-state index contributed by atoms with van der Waals surface area (Å²) in [5.41, 5.74) is 2.13. The van der Waals surface area contributed by atoms with Gasteiger partial charge < -0.3 is 14.8 Å². The van der Waals surface area contributed by atoms with Crippen molar-refractivity contribution in [1.29, 1.82) is 0 Å². The molecule has 1 aromatic heterocycles. The molecule has 1 unspecified atom stereocenters. The van der Waals surface area contributed by atoms with Crippen LogP contribution in [0.4, 0.5) is 0 Å². The topological polar surface area (TPSA) is 79.5 Å². The minimum atomic E-state index is -1.09. The number of amides is 1. The second-order valence-corrected chi connectivity index (χ2v) is 5.16. The lowest BCUT2D eigenvalue weighted by atomic mass is 10.0. The molecule has 0 aliphatic rings. The van der Waals surface area contributed by atoms with E-state index in [1.54, 1.807) is 6.92 Å². The zero-order valence-corrected chi connectivity index (χ0v) is 12.8. The van der Waals surface area contributed by atoms with Gasteiger partial charge in [-0.05, 0) is 25.0 Å². The van der Waals surface area contributed by atoms with Gasteiger partial charge in [-0.25, -0.2) is 4.79 Å². The van der Waals surface area contributed by atoms with E-state index in [4.69, 9.17) is 9.52 Å². The van der Waals surface area contributed by atoms with Crippen LogP contribution < -0.4 is 5.32 Å². The van der Waals surface area contributed by atoms with Gasteiger partial charge in [-0.3, -0.25) is 4.79 Å². The molecule has 5 nitrogen and oxygen atoms in total. The Morgan fingerprint density at radius 2 is 2.00 bits per heavy atom. The molecule has 0 aliphatic carbocycles. The number of carbonyl (C=O) groups excluding carboxylic acids is 1. The van der Waals surface area contributed by atoms with E-state index in [0.717, 1.165) is 11.1 Å². The average Bonchev–Trinajstić information content (AvgIpc) is 2.92. The van der Waals surface area contributed by atoms with E-state index in [9.17, 15) is 9.59 Å². The lowest BCUT2D eigenvalue weighted by Crippen LogP contribution is -2.26. The lowest BCUT2D eigenvalue weighted by Gasteiger charge is -2.15. The molecule has 0 saturated carbocycles. The highest BCUT2D eigenvalue weighted by molar-refractivity contribution is 5.96. The fourth-order valence-electron chi connectivity index (χ4n) is 2.40. The van der Waals surface area contributed by atoms with Crippen LogP contribution in [0.25, 0.3) is 0 Å². The molecule has 0 spiro atoms. The molecule has 2 N–H and O–H groups in total. The number of aromatic carboxylic acids is 1. The van der Waals surface area contributed by atoms with Crippen LogP contribution in [-0.4, -0.2) is 17.0 Å². The largest absolute Gasteiger partial charge is 0.478 e. The van der Waals surface area contributed by atoms with Crippen LogP contribution >= 0.6 is 0 Å². The maximum absolute atomic E-state index is 12.2. The summed E-state index contributed by atoms with van der Waals surface area (Å²) in [7, 11) is 0. The van der Waals surface area contributed by atoms with Crippen LogP contribution in [0.3, 0.4) is 0 Å². The molecule has 0 radical (unpaired) electrons. The molecular weight excluding hydrogens is 282 g/mol. The molecule has 116 valence electrons. The third-order valence-electron chi connectivity index (χ3n) is 3.59. The van der Waals surface area contributed by atoms with Gasteiger partial charge in [-0.15, -0.1) is 0 Å². The maximum Gasteiger partial charge on any atom is 0.339 e. The highest BCUT2D eigenvalue weighted by Crippen LogP contribution is 2.20. The number of furan rings is 1. The van der Waals surface area contributed by atoms with Crippen molar-refractivity contribution in [1.82, 2.24) is 5.32 Å². The Kier molecular flexibility index (Phi) is 4.65. The fraction of sp³-hybridized carbons (Fsp3) is 0.294. The van der Waals surface area contributed by atoms with Crippen LogP contribution in [0, 0.1) is 6.92 Å². The molecule has 0 saturated heterocycles. The van der Waals surface area contributed by atoms with E-state index in [1.807, 2.05) is 38.1 Å². The number of carbonyl (C=O) groups is 2. The van der Waals surface area contributed by atoms with Crippen LogP contribution in [0.2, 0.25) is 0 Å². The SMILES string of the molecule is CCc1oc(C(=O)NC(C)c2ccccc2C)cc1C(=O)O. The summed E-state index contributed by atoms with van der Waals surface area (Å²) in [6.07, 6.45) is 0.419. The minimum absolute atomic E-state index is 0.0229. The Balaban J connectivity index is 2.19. The number of nitrogens with one attached hydrogen (secondary N) is 1. The maximum atomic E-state index is 12.2. The summed E-state index contributed by atoms with van der Waals surface area (Å²) in [6, 6.07) is 8.85. The Bertz CT molecular complexity index is 702. The predicted molar refractivity (Wildman–Crippen MR) is 82.1 cm³/mol. The third-order valence-corrected chi connectivity index (χ3v) is 3.59. The first-order valence-corrected chi connectivity index (χ1v) is 7.16. The van der Waals surface area contributed by atoms with E-state index in [1.165, 1.54) is 6.07 Å². The van der Waals surface area contributed by atoms with Crippen molar-refractivity contribution in [3.63, 3.8) is 0 Å². The fourth-order valence-corrected chi connectivity index (χ4v) is 2.40. The van der Waals surface area contributed by atoms with Gasteiger partial charge >= 0.3 is 5.97 Å². The lowest BCUT2D eigenvalue weighted by molar-refractivity contribution is 0.0694. The number of aryl methyl sites for hydroxylation is 2. The van der Waals surface area contributed by atoms with Crippen LogP contribution in [0.5, 0.6) is 0 Å². The highest BCUT2D eigenvalue weighted by Gasteiger charge is 2.21. The number of benzene rings is 1. The van der Waals surface area contributed by atoms with Gasteiger partial charge in [0.1, 0.15) is 11.3 Å². The van der Waals surface area contributed by atoms with Crippen molar-refractivity contribution < 1.29 is 19.1 Å². The average molecular weight is 301 g/mol. The van der Waals surface area contributed by atoms with E-state index in [2.05, 4.69) is 5.32 Å². The van der Waals surface area contributed by atoms with Gasteiger partial charge in [-0.2, -0.15) is 0 Å². The summed E-state index contributed by atoms with van der Waals surface area (Å²) in [6.45, 7) is 5.63. The van der Waals surface area contributed by atoms with Crippen molar-refractivity contribution in [2.75, 3.05) is 0 Å². The normalized spacial score (nSPS) is 12.0. The molecule has 1 heterocycles. The minimum Gasteiger partial charge on any atom is -0.478 e. The molecule has 5 heteroatoms. The number of hydrogen-bond donors (Lipinski definition) is 2. The molecule has 2 aromatic rings. The van der Waals surface area contributed by atoms with Crippen molar-refractivity contribution in [2.24, 2.45) is 0 Å². The van der Waals surface area contributed by atoms with Crippen LogP contribution in [-0.2, 0) is 6.42 Å². The van der Waals surface area contributed by atoms with Crippen molar-refractivity contribution >= 4 is 11.9 Å². The number of carboxylic acids is 1. The van der Waals surface area contributed by atoms with Crippen molar-refractivity contribution in [3.05, 3.63) is 58.5 Å². The number of hydrogen-bond acceptors (Lipinski definition) is 3. The first-order chi connectivity index (χ1) is 10.4. The Morgan fingerprint density at radius 1 is 1.32 bits per heavy atom. The number of rotatable bonds is 5. The summed E-state index contributed by atoms with van der Waals surface area (Å²) in [5.74, 6) is -1.18. The standard InChI is InChI=1S/C17H19NO4/c1-4-14-13(17(20)21)9-15(22-14)16(19)18-11(3)12-8-6-5-7-10(12)2/h5-9,11H,4H2,1-3H3,(H,18,19)(H,20,21). The quantitative estimate of drug-likeness (QED) is 0.887.